The summed E-state index contributed by atoms with van der Waals surface area (Å²) in [5.41, 5.74) is 3.62. The van der Waals surface area contributed by atoms with Gasteiger partial charge < -0.3 is 4.90 Å². The highest BCUT2D eigenvalue weighted by Crippen LogP contribution is 2.23. The lowest BCUT2D eigenvalue weighted by atomic mass is 10.1. The van der Waals surface area contributed by atoms with Gasteiger partial charge >= 0.3 is 0 Å². The third-order valence-corrected chi connectivity index (χ3v) is 3.72. The summed E-state index contributed by atoms with van der Waals surface area (Å²) in [6, 6.07) is 10.5. The molecule has 1 aliphatic heterocycles. The zero-order chi connectivity index (χ0) is 12.4. The van der Waals surface area contributed by atoms with Gasteiger partial charge in [-0.2, -0.15) is 11.3 Å². The van der Waals surface area contributed by atoms with Gasteiger partial charge in [0.2, 0.25) is 5.91 Å². The molecule has 0 bridgehead atoms. The molecule has 2 nitrogen and oxygen atoms in total. The molecule has 1 aromatic carbocycles. The number of hydrogen-bond donors (Lipinski definition) is 0. The molecule has 0 spiro atoms. The molecule has 1 aliphatic rings. The lowest BCUT2D eigenvalue weighted by Gasteiger charge is -2.14. The van der Waals surface area contributed by atoms with Crippen molar-refractivity contribution in [2.75, 3.05) is 0 Å². The van der Waals surface area contributed by atoms with E-state index >= 15 is 0 Å². The first-order valence-electron chi connectivity index (χ1n) is 5.90. The van der Waals surface area contributed by atoms with E-state index in [1.807, 2.05) is 18.3 Å². The molecule has 18 heavy (non-hydrogen) atoms. The summed E-state index contributed by atoms with van der Waals surface area (Å²) in [6.07, 6.45) is 4.31. The fourth-order valence-electron chi connectivity index (χ4n) is 2.10. The van der Waals surface area contributed by atoms with Crippen molar-refractivity contribution in [1.82, 2.24) is 4.90 Å². The fraction of sp³-hybridized carbons (Fsp3) is 0.133. The van der Waals surface area contributed by atoms with Crippen molar-refractivity contribution in [3.63, 3.8) is 0 Å². The smallest absolute Gasteiger partial charge is 0.230 e. The van der Waals surface area contributed by atoms with Crippen LogP contribution in [0.2, 0.25) is 0 Å². The maximum Gasteiger partial charge on any atom is 0.230 e. The molecule has 1 aromatic heterocycles. The van der Waals surface area contributed by atoms with E-state index in [0.717, 1.165) is 0 Å². The highest BCUT2D eigenvalue weighted by molar-refractivity contribution is 7.08. The first kappa shape index (κ1) is 11.2. The van der Waals surface area contributed by atoms with E-state index in [1.54, 1.807) is 16.2 Å². The average molecular weight is 255 g/mol. The van der Waals surface area contributed by atoms with Crippen LogP contribution in [0.3, 0.4) is 0 Å². The number of amides is 1. The number of carbonyl (C=O) groups excluding carboxylic acids is 1. The second-order valence-corrected chi connectivity index (χ2v) is 5.10. The van der Waals surface area contributed by atoms with Crippen LogP contribution in [0.15, 0.2) is 53.4 Å². The van der Waals surface area contributed by atoms with Crippen molar-refractivity contribution >= 4 is 17.2 Å². The highest BCUT2D eigenvalue weighted by Gasteiger charge is 2.14. The number of thiophene rings is 1. The minimum absolute atomic E-state index is 0.177. The molecule has 0 saturated heterocycles. The first-order valence-corrected chi connectivity index (χ1v) is 6.85. The minimum atomic E-state index is 0.177. The fourth-order valence-corrected chi connectivity index (χ4v) is 2.76. The lowest BCUT2D eigenvalue weighted by Crippen LogP contribution is -2.20. The van der Waals surface area contributed by atoms with Gasteiger partial charge in [0.25, 0.3) is 0 Å². The van der Waals surface area contributed by atoms with E-state index < -0.39 is 0 Å². The normalized spacial score (nSPS) is 14.4. The Morgan fingerprint density at radius 2 is 2.17 bits per heavy atom. The Balaban J connectivity index is 1.83. The maximum atomic E-state index is 11.6. The van der Waals surface area contributed by atoms with E-state index in [4.69, 9.17) is 0 Å². The van der Waals surface area contributed by atoms with Gasteiger partial charge in [-0.05, 0) is 39.6 Å². The molecule has 0 radical (unpaired) electrons. The molecule has 3 heteroatoms. The minimum Gasteiger partial charge on any atom is -0.315 e. The summed E-state index contributed by atoms with van der Waals surface area (Å²) in [5, 5.41) is 4.22. The van der Waals surface area contributed by atoms with Crippen molar-refractivity contribution in [2.45, 2.75) is 13.0 Å². The van der Waals surface area contributed by atoms with Crippen LogP contribution in [-0.4, -0.2) is 10.8 Å². The maximum absolute atomic E-state index is 11.6. The van der Waals surface area contributed by atoms with Crippen molar-refractivity contribution in [2.24, 2.45) is 0 Å². The van der Waals surface area contributed by atoms with Gasteiger partial charge in [-0.25, -0.2) is 0 Å². The highest BCUT2D eigenvalue weighted by atomic mass is 32.1. The van der Waals surface area contributed by atoms with Gasteiger partial charge in [-0.3, -0.25) is 4.79 Å². The molecular weight excluding hydrogens is 242 g/mol. The summed E-state index contributed by atoms with van der Waals surface area (Å²) in [4.78, 5) is 13.3. The Hall–Kier alpha value is -1.87. The molecule has 0 N–H and O–H groups in total. The molecule has 0 atom stereocenters. The second-order valence-electron chi connectivity index (χ2n) is 4.32. The SMILES string of the molecule is O=C1CC=CN1Cc1cccc(-c2ccsc2)c1. The van der Waals surface area contributed by atoms with Crippen molar-refractivity contribution in [1.29, 1.82) is 0 Å². The van der Waals surface area contributed by atoms with Crippen LogP contribution >= 0.6 is 11.3 Å². The van der Waals surface area contributed by atoms with Gasteiger partial charge in [-0.15, -0.1) is 0 Å². The predicted octanol–water partition coefficient (Wildman–Crippen LogP) is 3.66. The summed E-state index contributed by atoms with van der Waals surface area (Å²) >= 11 is 1.70. The Morgan fingerprint density at radius 3 is 2.89 bits per heavy atom. The van der Waals surface area contributed by atoms with Crippen LogP contribution in [0.5, 0.6) is 0 Å². The summed E-state index contributed by atoms with van der Waals surface area (Å²) < 4.78 is 0. The van der Waals surface area contributed by atoms with Crippen LogP contribution in [0.25, 0.3) is 11.1 Å². The van der Waals surface area contributed by atoms with Gasteiger partial charge in [0.15, 0.2) is 0 Å². The van der Waals surface area contributed by atoms with Crippen LogP contribution in [-0.2, 0) is 11.3 Å². The molecule has 1 amide bonds. The first-order chi connectivity index (χ1) is 8.83. The Morgan fingerprint density at radius 1 is 1.22 bits per heavy atom. The van der Waals surface area contributed by atoms with Gasteiger partial charge in [-0.1, -0.05) is 24.3 Å². The largest absolute Gasteiger partial charge is 0.315 e. The molecule has 2 heterocycles. The molecule has 90 valence electrons. The molecule has 2 aromatic rings. The number of hydrogen-bond acceptors (Lipinski definition) is 2. The van der Waals surface area contributed by atoms with Crippen LogP contribution in [0.4, 0.5) is 0 Å². The van der Waals surface area contributed by atoms with Gasteiger partial charge in [0, 0.05) is 12.6 Å². The standard InChI is InChI=1S/C15H13NOS/c17-15-5-2-7-16(15)10-12-3-1-4-13(9-12)14-6-8-18-11-14/h1-4,6-9,11H,5,10H2. The zero-order valence-corrected chi connectivity index (χ0v) is 10.7. The Bertz CT molecular complexity index is 586. The molecule has 0 saturated carbocycles. The quantitative estimate of drug-likeness (QED) is 0.819. The number of benzene rings is 1. The summed E-state index contributed by atoms with van der Waals surface area (Å²) in [6.45, 7) is 0.660. The van der Waals surface area contributed by atoms with Crippen molar-refractivity contribution < 1.29 is 4.79 Å². The van der Waals surface area contributed by atoms with E-state index in [0.29, 0.717) is 13.0 Å². The summed E-state index contributed by atoms with van der Waals surface area (Å²) in [7, 11) is 0. The van der Waals surface area contributed by atoms with Crippen LogP contribution in [0, 0.1) is 0 Å². The zero-order valence-electron chi connectivity index (χ0n) is 9.87. The van der Waals surface area contributed by atoms with Crippen LogP contribution < -0.4 is 0 Å². The third-order valence-electron chi connectivity index (χ3n) is 3.03. The molecule has 0 fully saturated rings. The van der Waals surface area contributed by atoms with Crippen molar-refractivity contribution in [3.05, 3.63) is 58.9 Å². The number of nitrogens with zero attached hydrogens (tertiary/aromatic N) is 1. The van der Waals surface area contributed by atoms with E-state index in [9.17, 15) is 4.79 Å². The topological polar surface area (TPSA) is 20.3 Å². The predicted molar refractivity (Wildman–Crippen MR) is 74.1 cm³/mol. The molecule has 0 unspecified atom stereocenters. The Labute approximate surface area is 110 Å². The number of carbonyl (C=O) groups is 1. The van der Waals surface area contributed by atoms with E-state index in [2.05, 4.69) is 35.0 Å². The Kier molecular flexibility index (Phi) is 2.99. The van der Waals surface area contributed by atoms with Crippen LogP contribution in [0.1, 0.15) is 12.0 Å². The molecule has 3 rings (SSSR count). The second kappa shape index (κ2) is 4.78. The van der Waals surface area contributed by atoms with E-state index in [-0.39, 0.29) is 5.91 Å². The van der Waals surface area contributed by atoms with Gasteiger partial charge in [0.05, 0.1) is 6.54 Å². The number of rotatable bonds is 3. The average Bonchev–Trinajstić information content (AvgIpc) is 3.02. The van der Waals surface area contributed by atoms with Crippen molar-refractivity contribution in [3.8, 4) is 11.1 Å². The molecular formula is C15H13NOS. The van der Waals surface area contributed by atoms with Gasteiger partial charge in [0.1, 0.15) is 0 Å². The lowest BCUT2D eigenvalue weighted by molar-refractivity contribution is -0.127. The van der Waals surface area contributed by atoms with E-state index in [1.165, 1.54) is 16.7 Å². The third kappa shape index (κ3) is 2.22. The summed E-state index contributed by atoms with van der Waals surface area (Å²) in [5.74, 6) is 0.177. The molecule has 0 aliphatic carbocycles. The monoisotopic (exact) mass is 255 g/mol.